The molecule has 0 atom stereocenters. The Bertz CT molecular complexity index is 1570. The number of nitrogens with one attached hydrogen (secondary N) is 1. The summed E-state index contributed by atoms with van der Waals surface area (Å²) in [6.45, 7) is 2.41. The minimum atomic E-state index is -0.556. The zero-order valence-electron chi connectivity index (χ0n) is 21.0. The largest absolute Gasteiger partial charge is 0.493 e. The lowest BCUT2D eigenvalue weighted by molar-refractivity contribution is -0.136. The Morgan fingerprint density at radius 1 is 0.974 bits per heavy atom. The summed E-state index contributed by atoms with van der Waals surface area (Å²) in [5, 5.41) is 4.13. The number of aromatic nitrogens is 2. The smallest absolute Gasteiger partial charge is 0.349 e. The highest BCUT2D eigenvalue weighted by molar-refractivity contribution is 6.30. The minimum Gasteiger partial charge on any atom is -0.493 e. The van der Waals surface area contributed by atoms with Gasteiger partial charge in [-0.1, -0.05) is 41.9 Å². The van der Waals surface area contributed by atoms with E-state index >= 15 is 0 Å². The number of rotatable bonds is 9. The lowest BCUT2D eigenvalue weighted by Gasteiger charge is -2.13. The fraction of sp³-hybridized carbons (Fsp3) is 0.133. The molecular weight excluding hydrogens is 502 g/mol. The molecule has 2 heterocycles. The molecule has 0 bridgehead atoms. The lowest BCUT2D eigenvalue weighted by atomic mass is 10.1. The van der Waals surface area contributed by atoms with Gasteiger partial charge in [0.25, 0.3) is 0 Å². The zero-order chi connectivity index (χ0) is 26.5. The first kappa shape index (κ1) is 25.2. The van der Waals surface area contributed by atoms with Crippen LogP contribution in [0.1, 0.15) is 11.1 Å². The molecule has 38 heavy (non-hydrogen) atoms. The first-order valence-corrected chi connectivity index (χ1v) is 12.4. The van der Waals surface area contributed by atoms with Gasteiger partial charge in [0.1, 0.15) is 22.9 Å². The van der Waals surface area contributed by atoms with Crippen molar-refractivity contribution in [3.8, 4) is 28.5 Å². The van der Waals surface area contributed by atoms with Crippen LogP contribution < -0.4 is 19.5 Å². The number of halogens is 1. The van der Waals surface area contributed by atoms with E-state index < -0.39 is 5.97 Å². The van der Waals surface area contributed by atoms with Crippen LogP contribution >= 0.6 is 11.6 Å². The number of anilines is 1. The summed E-state index contributed by atoms with van der Waals surface area (Å²) in [5.74, 6) is 1.52. The van der Waals surface area contributed by atoms with E-state index in [-0.39, 0.29) is 6.61 Å². The molecule has 8 heteroatoms. The van der Waals surface area contributed by atoms with E-state index in [2.05, 4.69) is 17.4 Å². The van der Waals surface area contributed by atoms with Crippen molar-refractivity contribution in [3.05, 3.63) is 107 Å². The average molecular weight is 528 g/mol. The molecule has 0 aliphatic heterocycles. The topological polar surface area (TPSA) is 74.1 Å². The highest BCUT2D eigenvalue weighted by Crippen LogP contribution is 2.36. The molecule has 7 nitrogen and oxygen atoms in total. The Labute approximate surface area is 225 Å². The molecule has 1 N–H and O–H groups in total. The number of benzene rings is 3. The van der Waals surface area contributed by atoms with E-state index in [1.54, 1.807) is 30.3 Å². The molecule has 0 aliphatic rings. The number of ether oxygens (including phenoxy) is 3. The first-order valence-electron chi connectivity index (χ1n) is 12.0. The van der Waals surface area contributed by atoms with Crippen LogP contribution in [0.5, 0.6) is 17.2 Å². The Balaban J connectivity index is 1.39. The van der Waals surface area contributed by atoms with Gasteiger partial charge in [0.05, 0.1) is 7.11 Å². The monoisotopic (exact) mass is 527 g/mol. The van der Waals surface area contributed by atoms with E-state index in [0.29, 0.717) is 28.8 Å². The summed E-state index contributed by atoms with van der Waals surface area (Å²) in [4.78, 5) is 17.3. The van der Waals surface area contributed by atoms with Crippen molar-refractivity contribution >= 4 is 29.0 Å². The predicted molar refractivity (Wildman–Crippen MR) is 148 cm³/mol. The molecule has 0 unspecified atom stereocenters. The van der Waals surface area contributed by atoms with Gasteiger partial charge in [0, 0.05) is 23.3 Å². The summed E-state index contributed by atoms with van der Waals surface area (Å²) >= 11 is 5.89. The third-order valence-corrected chi connectivity index (χ3v) is 6.17. The number of carbonyl (C=O) groups excluding carboxylic acids is 1. The van der Waals surface area contributed by atoms with Crippen LogP contribution in [-0.2, 0) is 11.3 Å². The SMILES string of the molecule is COc1cc(-c2nc3cc(C)ccn3c2NCc2ccccc2)ccc1OC(=O)COc1ccc(Cl)cc1. The van der Waals surface area contributed by atoms with E-state index in [1.807, 2.05) is 60.0 Å². The van der Waals surface area contributed by atoms with Gasteiger partial charge in [-0.15, -0.1) is 0 Å². The van der Waals surface area contributed by atoms with Gasteiger partial charge in [-0.25, -0.2) is 9.78 Å². The lowest BCUT2D eigenvalue weighted by Crippen LogP contribution is -2.18. The molecule has 2 aromatic heterocycles. The molecule has 3 aromatic carbocycles. The number of hydrogen-bond acceptors (Lipinski definition) is 6. The normalized spacial score (nSPS) is 10.8. The second-order valence-electron chi connectivity index (χ2n) is 8.66. The number of carbonyl (C=O) groups is 1. The zero-order valence-corrected chi connectivity index (χ0v) is 21.7. The van der Waals surface area contributed by atoms with Crippen LogP contribution in [0.25, 0.3) is 16.9 Å². The fourth-order valence-corrected chi connectivity index (χ4v) is 4.15. The second kappa shape index (κ2) is 11.3. The number of pyridine rings is 1. The first-order chi connectivity index (χ1) is 18.5. The van der Waals surface area contributed by atoms with Gasteiger partial charge in [0.15, 0.2) is 18.1 Å². The number of methoxy groups -OCH3 is 1. The van der Waals surface area contributed by atoms with Crippen LogP contribution in [0.2, 0.25) is 5.02 Å². The summed E-state index contributed by atoms with van der Waals surface area (Å²) in [6.07, 6.45) is 2.00. The highest BCUT2D eigenvalue weighted by atomic mass is 35.5. The maximum absolute atomic E-state index is 12.4. The van der Waals surface area contributed by atoms with E-state index in [0.717, 1.165) is 33.8 Å². The van der Waals surface area contributed by atoms with Gasteiger partial charge in [-0.3, -0.25) is 4.40 Å². The molecule has 0 saturated carbocycles. The molecule has 0 radical (unpaired) electrons. The number of imidazole rings is 1. The summed E-state index contributed by atoms with van der Waals surface area (Å²) in [7, 11) is 1.53. The van der Waals surface area contributed by atoms with Gasteiger partial charge >= 0.3 is 5.97 Å². The van der Waals surface area contributed by atoms with Crippen LogP contribution in [0.3, 0.4) is 0 Å². The van der Waals surface area contributed by atoms with Crippen molar-refractivity contribution in [2.24, 2.45) is 0 Å². The second-order valence-corrected chi connectivity index (χ2v) is 9.10. The van der Waals surface area contributed by atoms with Crippen LogP contribution in [0.4, 0.5) is 5.82 Å². The molecule has 0 amide bonds. The summed E-state index contributed by atoms with van der Waals surface area (Å²) < 4.78 is 18.6. The van der Waals surface area contributed by atoms with Crippen molar-refractivity contribution in [2.45, 2.75) is 13.5 Å². The molecule has 0 fully saturated rings. The summed E-state index contributed by atoms with van der Waals surface area (Å²) in [6, 6.07) is 26.4. The van der Waals surface area contributed by atoms with Crippen molar-refractivity contribution in [2.75, 3.05) is 19.0 Å². The van der Waals surface area contributed by atoms with Crippen LogP contribution in [-0.4, -0.2) is 29.1 Å². The van der Waals surface area contributed by atoms with Crippen molar-refractivity contribution in [3.63, 3.8) is 0 Å². The standard InChI is InChI=1S/C30H26ClN3O4/c1-20-14-15-34-27(16-20)33-29(30(34)32-18-21-6-4-3-5-7-21)22-8-13-25(26(17-22)36-2)38-28(35)19-37-24-11-9-23(31)10-12-24/h3-17,32H,18-19H2,1-2H3. The van der Waals surface area contributed by atoms with E-state index in [4.69, 9.17) is 30.8 Å². The van der Waals surface area contributed by atoms with Crippen molar-refractivity contribution in [1.29, 1.82) is 0 Å². The Morgan fingerprint density at radius 2 is 1.76 bits per heavy atom. The molecule has 5 aromatic rings. The molecule has 0 aliphatic carbocycles. The molecule has 5 rings (SSSR count). The average Bonchev–Trinajstić information content (AvgIpc) is 3.29. The van der Waals surface area contributed by atoms with E-state index in [1.165, 1.54) is 7.11 Å². The summed E-state index contributed by atoms with van der Waals surface area (Å²) in [5.41, 5.74) is 4.67. The quantitative estimate of drug-likeness (QED) is 0.173. The fourth-order valence-electron chi connectivity index (χ4n) is 4.02. The molecule has 0 saturated heterocycles. The number of esters is 1. The van der Waals surface area contributed by atoms with Crippen LogP contribution in [0.15, 0.2) is 91.1 Å². The third kappa shape index (κ3) is 5.74. The van der Waals surface area contributed by atoms with Gasteiger partial charge in [0.2, 0.25) is 0 Å². The Kier molecular flexibility index (Phi) is 7.47. The molecule has 192 valence electrons. The number of hydrogen-bond donors (Lipinski definition) is 1. The number of fused-ring (bicyclic) bond motifs is 1. The van der Waals surface area contributed by atoms with Gasteiger partial charge in [-0.05, 0) is 72.6 Å². The molecule has 0 spiro atoms. The Hall–Kier alpha value is -4.49. The number of nitrogens with zero attached hydrogens (tertiary/aromatic N) is 2. The number of aryl methyl sites for hydroxylation is 1. The van der Waals surface area contributed by atoms with E-state index in [9.17, 15) is 4.79 Å². The predicted octanol–water partition coefficient (Wildman–Crippen LogP) is 6.57. The highest BCUT2D eigenvalue weighted by Gasteiger charge is 2.18. The third-order valence-electron chi connectivity index (χ3n) is 5.92. The molecular formula is C30H26ClN3O4. The van der Waals surface area contributed by atoms with Crippen molar-refractivity contribution in [1.82, 2.24) is 9.38 Å². The van der Waals surface area contributed by atoms with Gasteiger partial charge < -0.3 is 19.5 Å². The maximum atomic E-state index is 12.4. The minimum absolute atomic E-state index is 0.258. The van der Waals surface area contributed by atoms with Crippen molar-refractivity contribution < 1.29 is 19.0 Å². The van der Waals surface area contributed by atoms with Gasteiger partial charge in [-0.2, -0.15) is 0 Å². The maximum Gasteiger partial charge on any atom is 0.349 e. The Morgan fingerprint density at radius 3 is 2.53 bits per heavy atom. The van der Waals surface area contributed by atoms with Crippen LogP contribution in [0, 0.1) is 6.92 Å².